The molecule has 0 aliphatic rings. The van der Waals surface area contributed by atoms with Crippen molar-refractivity contribution in [2.75, 3.05) is 0 Å². The van der Waals surface area contributed by atoms with E-state index >= 15 is 0 Å². The molecule has 33 valence electrons. The van der Waals surface area contributed by atoms with Crippen LogP contribution in [0.4, 0.5) is 0 Å². The minimum absolute atomic E-state index is 0. The Morgan fingerprint density at radius 3 is 0.667 bits per heavy atom. The summed E-state index contributed by atoms with van der Waals surface area (Å²) in [5, 5.41) is 0. The van der Waals surface area contributed by atoms with Gasteiger partial charge in [0.05, 0.1) is 0 Å². The molecular formula is CrFeKO3. The third-order valence-electron chi connectivity index (χ3n) is 0. The van der Waals surface area contributed by atoms with Gasteiger partial charge in [0.15, 0.2) is 0 Å². The Bertz CT molecular complexity index is 10.8. The second kappa shape index (κ2) is 49.5. The summed E-state index contributed by atoms with van der Waals surface area (Å²) in [6.07, 6.45) is 0. The molecule has 0 aromatic carbocycles. The van der Waals surface area contributed by atoms with Crippen LogP contribution in [-0.4, -0.2) is 0 Å². The van der Waals surface area contributed by atoms with Gasteiger partial charge in [-0.05, 0) is 0 Å². The number of hydrogen-bond acceptors (Lipinski definition) is 0. The first-order chi connectivity index (χ1) is 0. The van der Waals surface area contributed by atoms with Crippen molar-refractivity contribution in [3.05, 3.63) is 0 Å². The van der Waals surface area contributed by atoms with Crippen LogP contribution in [0.2, 0.25) is 0 Å². The van der Waals surface area contributed by atoms with E-state index < -0.39 is 0 Å². The maximum Gasteiger partial charge on any atom is 3.00 e. The fourth-order valence-corrected chi connectivity index (χ4v) is 0. The first kappa shape index (κ1) is 74.4. The molecule has 0 aromatic heterocycles. The first-order valence-electron chi connectivity index (χ1n) is 0. The molecule has 6 heavy (non-hydrogen) atoms. The van der Waals surface area contributed by atoms with Gasteiger partial charge >= 0.3 is 85.8 Å². The zero-order valence-electron chi connectivity index (χ0n) is 2.99. The average molecular weight is 195 g/mol. The smallest absolute Gasteiger partial charge is 2.00 e. The molecule has 0 spiro atoms. The zero-order valence-corrected chi connectivity index (χ0v) is 8.49. The maximum absolute atomic E-state index is 0. The summed E-state index contributed by atoms with van der Waals surface area (Å²) < 4.78 is 0. The largest absolute Gasteiger partial charge is 3.00 e. The van der Waals surface area contributed by atoms with Crippen molar-refractivity contribution in [3.63, 3.8) is 0 Å². The second-order valence-electron chi connectivity index (χ2n) is 0. The summed E-state index contributed by atoms with van der Waals surface area (Å²) >= 11 is 0. The topological polar surface area (TPSA) is 85.5 Å². The molecule has 0 heterocycles. The van der Waals surface area contributed by atoms with Gasteiger partial charge in [-0.2, -0.15) is 0 Å². The average Bonchev–Trinajstić information content (AvgIpc) is 0. The molecule has 0 atom stereocenters. The molecule has 0 unspecified atom stereocenters. The number of rotatable bonds is 0. The monoisotopic (exact) mass is 195 g/mol. The molecule has 1 radical (unpaired) electrons. The Balaban J connectivity index is 0. The SMILES string of the molecule is [Cr+3].[Fe+2].[K+].[O-2].[O-2].[O-2]. The van der Waals surface area contributed by atoms with Gasteiger partial charge in [0.25, 0.3) is 0 Å². The van der Waals surface area contributed by atoms with Crippen LogP contribution < -0.4 is 51.4 Å². The maximum atomic E-state index is 0. The second-order valence-corrected chi connectivity index (χ2v) is 0. The molecule has 0 aliphatic carbocycles. The van der Waals surface area contributed by atoms with E-state index in [-0.39, 0.29) is 102 Å². The molecule has 0 fully saturated rings. The third-order valence-corrected chi connectivity index (χ3v) is 0. The summed E-state index contributed by atoms with van der Waals surface area (Å²) in [4.78, 5) is 0. The van der Waals surface area contributed by atoms with Crippen LogP contribution in [0, 0.1) is 0 Å². The molecule has 0 saturated carbocycles. The molecule has 0 N–H and O–H groups in total. The van der Waals surface area contributed by atoms with Crippen LogP contribution >= 0.6 is 0 Å². The van der Waals surface area contributed by atoms with Crippen molar-refractivity contribution in [1.29, 1.82) is 0 Å². The fraction of sp³-hybridized carbons (Fsp3) is 0. The molecule has 0 aromatic rings. The van der Waals surface area contributed by atoms with E-state index in [1.54, 1.807) is 0 Å². The van der Waals surface area contributed by atoms with Gasteiger partial charge in [-0.25, -0.2) is 0 Å². The van der Waals surface area contributed by atoms with Crippen LogP contribution in [0.15, 0.2) is 0 Å². The van der Waals surface area contributed by atoms with Gasteiger partial charge in [0, 0.05) is 0 Å². The molecule has 6 heteroatoms. The van der Waals surface area contributed by atoms with E-state index in [2.05, 4.69) is 0 Å². The van der Waals surface area contributed by atoms with Crippen molar-refractivity contribution < 1.29 is 102 Å². The van der Waals surface area contributed by atoms with E-state index in [1.807, 2.05) is 0 Å². The first-order valence-corrected chi connectivity index (χ1v) is 0. The Kier molecular flexibility index (Phi) is 614. The quantitative estimate of drug-likeness (QED) is 0.361. The zero-order chi connectivity index (χ0) is 0. The van der Waals surface area contributed by atoms with E-state index in [0.29, 0.717) is 0 Å². The van der Waals surface area contributed by atoms with Gasteiger partial charge in [-0.1, -0.05) is 0 Å². The summed E-state index contributed by atoms with van der Waals surface area (Å²) in [6.45, 7) is 0. The molecule has 0 rings (SSSR count). The minimum Gasteiger partial charge on any atom is -2.00 e. The normalized spacial score (nSPS) is 0. The van der Waals surface area contributed by atoms with Crippen molar-refractivity contribution in [2.45, 2.75) is 0 Å². The summed E-state index contributed by atoms with van der Waals surface area (Å²) in [7, 11) is 0. The molecule has 0 saturated heterocycles. The van der Waals surface area contributed by atoms with Crippen molar-refractivity contribution in [2.24, 2.45) is 0 Å². The molecular weight excluding hydrogens is 195 g/mol. The Morgan fingerprint density at radius 1 is 0.667 bits per heavy atom. The predicted molar refractivity (Wildman–Crippen MR) is 2.06 cm³/mol. The predicted octanol–water partition coefficient (Wildman–Crippen LogP) is -3.36. The van der Waals surface area contributed by atoms with Crippen LogP contribution in [0.1, 0.15) is 0 Å². The minimum atomic E-state index is 0. The van der Waals surface area contributed by atoms with E-state index in [4.69, 9.17) is 0 Å². The molecule has 3 nitrogen and oxygen atoms in total. The molecule has 0 amide bonds. The van der Waals surface area contributed by atoms with Gasteiger partial charge in [-0.3, -0.25) is 0 Å². The van der Waals surface area contributed by atoms with Crippen LogP contribution in [0.25, 0.3) is 0 Å². The van der Waals surface area contributed by atoms with Gasteiger partial charge in [0.1, 0.15) is 0 Å². The standard InChI is InChI=1S/Cr.Fe.K.3O/q+3;+2;+1;3*-2. The molecule has 0 aliphatic heterocycles. The van der Waals surface area contributed by atoms with Crippen molar-refractivity contribution >= 4 is 0 Å². The van der Waals surface area contributed by atoms with Crippen LogP contribution in [0.5, 0.6) is 0 Å². The van der Waals surface area contributed by atoms with E-state index in [0.717, 1.165) is 0 Å². The summed E-state index contributed by atoms with van der Waals surface area (Å²) in [5.41, 5.74) is 0. The Morgan fingerprint density at radius 2 is 0.667 bits per heavy atom. The third kappa shape index (κ3) is 30.9. The Hall–Kier alpha value is 2.57. The summed E-state index contributed by atoms with van der Waals surface area (Å²) in [6, 6.07) is 0. The molecule has 0 bridgehead atoms. The number of hydrogen-bond donors (Lipinski definition) is 0. The van der Waals surface area contributed by atoms with E-state index in [9.17, 15) is 0 Å². The van der Waals surface area contributed by atoms with Gasteiger partial charge < -0.3 is 16.4 Å². The van der Waals surface area contributed by atoms with Crippen molar-refractivity contribution in [3.8, 4) is 0 Å². The van der Waals surface area contributed by atoms with Crippen LogP contribution in [-0.2, 0) is 50.9 Å². The Labute approximate surface area is 100 Å². The fourth-order valence-electron chi connectivity index (χ4n) is 0. The van der Waals surface area contributed by atoms with Gasteiger partial charge in [-0.15, -0.1) is 0 Å². The van der Waals surface area contributed by atoms with Gasteiger partial charge in [0.2, 0.25) is 0 Å². The van der Waals surface area contributed by atoms with Crippen LogP contribution in [0.3, 0.4) is 0 Å². The van der Waals surface area contributed by atoms with Crippen molar-refractivity contribution in [1.82, 2.24) is 0 Å². The summed E-state index contributed by atoms with van der Waals surface area (Å²) in [5.74, 6) is 0. The van der Waals surface area contributed by atoms with E-state index in [1.165, 1.54) is 0 Å².